The summed E-state index contributed by atoms with van der Waals surface area (Å²) in [5.74, 6) is 0.423. The largest absolute Gasteiger partial charge is 0.352 e. The first-order valence-corrected chi connectivity index (χ1v) is 5.07. The van der Waals surface area contributed by atoms with E-state index in [4.69, 9.17) is 0 Å². The molecule has 0 aliphatic carbocycles. The monoisotopic (exact) mass is 233 g/mol. The Labute approximate surface area is 96.3 Å². The van der Waals surface area contributed by atoms with E-state index in [0.29, 0.717) is 24.4 Å². The molecule has 0 aliphatic rings. The van der Waals surface area contributed by atoms with Gasteiger partial charge in [-0.25, -0.2) is 4.98 Å². The van der Waals surface area contributed by atoms with Crippen LogP contribution in [0, 0.1) is 0 Å². The smallest absolute Gasteiger partial charge is 0.251 e. The third-order valence-corrected chi connectivity index (χ3v) is 2.15. The molecule has 2 rings (SSSR count). The van der Waals surface area contributed by atoms with Gasteiger partial charge in [0, 0.05) is 30.8 Å². The van der Waals surface area contributed by atoms with Crippen molar-refractivity contribution in [1.82, 2.24) is 25.5 Å². The zero-order valence-electron chi connectivity index (χ0n) is 8.93. The number of hydrogen-bond acceptors (Lipinski definition) is 4. The minimum atomic E-state index is -0.298. The normalized spacial score (nSPS) is 10.1. The maximum Gasteiger partial charge on any atom is 0.251 e. The molecule has 0 aliphatic heterocycles. The molecule has 7 nitrogen and oxygen atoms in total. The molecular weight excluding hydrogens is 222 g/mol. The Kier molecular flexibility index (Phi) is 3.29. The highest BCUT2D eigenvalue weighted by atomic mass is 16.2. The number of carbonyl (C=O) groups excluding carboxylic acids is 1. The lowest BCUT2D eigenvalue weighted by molar-refractivity contribution is 0.0954. The number of aromatic amines is 2. The molecule has 17 heavy (non-hydrogen) atoms. The first-order valence-electron chi connectivity index (χ1n) is 5.07. The van der Waals surface area contributed by atoms with Crippen LogP contribution in [0.5, 0.6) is 0 Å². The standard InChI is InChI=1S/C10H11N5O2/c16-9-5-7(1-3-11-9)10(17)12-4-2-8-13-6-14-15-8/h1,3,5-6H,2,4H2,(H,11,16)(H,12,17)(H,13,14,15). The second-order valence-electron chi connectivity index (χ2n) is 3.38. The van der Waals surface area contributed by atoms with Gasteiger partial charge in [0.05, 0.1) is 0 Å². The zero-order chi connectivity index (χ0) is 12.1. The molecule has 3 N–H and O–H groups in total. The summed E-state index contributed by atoms with van der Waals surface area (Å²) >= 11 is 0. The first-order chi connectivity index (χ1) is 8.25. The molecule has 0 atom stereocenters. The van der Waals surface area contributed by atoms with Crippen molar-refractivity contribution in [1.29, 1.82) is 0 Å². The van der Waals surface area contributed by atoms with Crippen molar-refractivity contribution in [2.24, 2.45) is 0 Å². The predicted octanol–water partition coefficient (Wildman–Crippen LogP) is -0.535. The predicted molar refractivity (Wildman–Crippen MR) is 59.5 cm³/mol. The molecule has 0 saturated carbocycles. The fourth-order valence-electron chi connectivity index (χ4n) is 1.33. The van der Waals surface area contributed by atoms with Gasteiger partial charge in [-0.3, -0.25) is 14.7 Å². The van der Waals surface area contributed by atoms with E-state index in [2.05, 4.69) is 25.5 Å². The lowest BCUT2D eigenvalue weighted by atomic mass is 10.2. The fourth-order valence-corrected chi connectivity index (χ4v) is 1.33. The van der Waals surface area contributed by atoms with Crippen molar-refractivity contribution in [3.05, 3.63) is 46.4 Å². The number of carbonyl (C=O) groups is 1. The number of hydrogen-bond donors (Lipinski definition) is 3. The molecule has 0 fully saturated rings. The summed E-state index contributed by atoms with van der Waals surface area (Å²) in [7, 11) is 0. The van der Waals surface area contributed by atoms with Gasteiger partial charge in [0.2, 0.25) is 5.56 Å². The summed E-state index contributed by atoms with van der Waals surface area (Å²) in [4.78, 5) is 29.0. The van der Waals surface area contributed by atoms with Crippen LogP contribution in [0.1, 0.15) is 16.2 Å². The minimum absolute atomic E-state index is 0.282. The van der Waals surface area contributed by atoms with E-state index in [-0.39, 0.29) is 11.5 Å². The number of H-pyrrole nitrogens is 2. The van der Waals surface area contributed by atoms with Gasteiger partial charge in [0.25, 0.3) is 5.91 Å². The van der Waals surface area contributed by atoms with Gasteiger partial charge in [0.1, 0.15) is 12.2 Å². The molecule has 0 radical (unpaired) electrons. The van der Waals surface area contributed by atoms with Crippen molar-refractivity contribution in [3.8, 4) is 0 Å². The van der Waals surface area contributed by atoms with E-state index < -0.39 is 0 Å². The lowest BCUT2D eigenvalue weighted by Gasteiger charge is -2.02. The summed E-state index contributed by atoms with van der Waals surface area (Å²) in [6, 6.07) is 2.80. The van der Waals surface area contributed by atoms with Crippen LogP contribution in [-0.2, 0) is 6.42 Å². The highest BCUT2D eigenvalue weighted by molar-refractivity contribution is 5.93. The Hall–Kier alpha value is -2.44. The summed E-state index contributed by atoms with van der Waals surface area (Å²) in [5.41, 5.74) is 0.0409. The molecule has 0 spiro atoms. The molecule has 0 saturated heterocycles. The van der Waals surface area contributed by atoms with Gasteiger partial charge in [-0.1, -0.05) is 0 Å². The molecule has 2 aromatic rings. The molecule has 1 amide bonds. The molecule has 2 aromatic heterocycles. The van der Waals surface area contributed by atoms with E-state index in [1.165, 1.54) is 18.6 Å². The van der Waals surface area contributed by atoms with E-state index in [9.17, 15) is 9.59 Å². The summed E-state index contributed by atoms with van der Waals surface area (Å²) in [5, 5.41) is 9.07. The number of pyridine rings is 1. The average Bonchev–Trinajstić information content (AvgIpc) is 2.82. The van der Waals surface area contributed by atoms with E-state index >= 15 is 0 Å². The highest BCUT2D eigenvalue weighted by Gasteiger charge is 2.05. The number of rotatable bonds is 4. The van der Waals surface area contributed by atoms with Crippen molar-refractivity contribution < 1.29 is 4.79 Å². The summed E-state index contributed by atoms with van der Waals surface area (Å²) in [6.07, 6.45) is 3.41. The van der Waals surface area contributed by atoms with Crippen molar-refractivity contribution in [2.45, 2.75) is 6.42 Å². The lowest BCUT2D eigenvalue weighted by Crippen LogP contribution is -2.27. The molecule has 7 heteroatoms. The van der Waals surface area contributed by atoms with Crippen LogP contribution in [0.2, 0.25) is 0 Å². The Balaban J connectivity index is 1.87. The molecule has 0 aromatic carbocycles. The van der Waals surface area contributed by atoms with Crippen LogP contribution in [0.25, 0.3) is 0 Å². The summed E-state index contributed by atoms with van der Waals surface area (Å²) < 4.78 is 0. The highest BCUT2D eigenvalue weighted by Crippen LogP contribution is 1.93. The van der Waals surface area contributed by atoms with Crippen molar-refractivity contribution >= 4 is 5.91 Å². The van der Waals surface area contributed by atoms with Gasteiger partial charge in [-0.05, 0) is 6.07 Å². The van der Waals surface area contributed by atoms with Gasteiger partial charge >= 0.3 is 0 Å². The molecule has 0 unspecified atom stereocenters. The van der Waals surface area contributed by atoms with Crippen LogP contribution in [-0.4, -0.2) is 32.6 Å². The quantitative estimate of drug-likeness (QED) is 0.660. The van der Waals surface area contributed by atoms with Gasteiger partial charge < -0.3 is 10.3 Å². The van der Waals surface area contributed by atoms with Crippen LogP contribution < -0.4 is 10.9 Å². The first kappa shape index (κ1) is 11.1. The Morgan fingerprint density at radius 2 is 2.35 bits per heavy atom. The van der Waals surface area contributed by atoms with E-state index in [1.54, 1.807) is 6.07 Å². The average molecular weight is 233 g/mol. The zero-order valence-corrected chi connectivity index (χ0v) is 8.93. The SMILES string of the molecule is O=C(NCCc1ncn[nH]1)c1cc[nH]c(=O)c1. The van der Waals surface area contributed by atoms with Crippen LogP contribution in [0.3, 0.4) is 0 Å². The molecule has 2 heterocycles. The van der Waals surface area contributed by atoms with Gasteiger partial charge in [0.15, 0.2) is 0 Å². The Morgan fingerprint density at radius 3 is 3.06 bits per heavy atom. The van der Waals surface area contributed by atoms with E-state index in [1.807, 2.05) is 0 Å². The number of nitrogens with one attached hydrogen (secondary N) is 3. The number of amides is 1. The maximum absolute atomic E-state index is 11.6. The van der Waals surface area contributed by atoms with Crippen molar-refractivity contribution in [3.63, 3.8) is 0 Å². The minimum Gasteiger partial charge on any atom is -0.352 e. The van der Waals surface area contributed by atoms with Gasteiger partial charge in [-0.2, -0.15) is 5.10 Å². The van der Waals surface area contributed by atoms with Crippen molar-refractivity contribution in [2.75, 3.05) is 6.54 Å². The molecular formula is C10H11N5O2. The molecule has 0 bridgehead atoms. The Morgan fingerprint density at radius 1 is 1.47 bits per heavy atom. The Bertz CT molecular complexity index is 546. The van der Waals surface area contributed by atoms with Crippen LogP contribution in [0.4, 0.5) is 0 Å². The van der Waals surface area contributed by atoms with Crippen LogP contribution >= 0.6 is 0 Å². The third-order valence-electron chi connectivity index (χ3n) is 2.15. The third kappa shape index (κ3) is 3.00. The number of nitrogens with zero attached hydrogens (tertiary/aromatic N) is 2. The maximum atomic E-state index is 11.6. The van der Waals surface area contributed by atoms with Crippen LogP contribution in [0.15, 0.2) is 29.5 Å². The topological polar surface area (TPSA) is 104 Å². The second-order valence-corrected chi connectivity index (χ2v) is 3.38. The second kappa shape index (κ2) is 5.06. The molecule has 88 valence electrons. The summed E-state index contributed by atoms with van der Waals surface area (Å²) in [6.45, 7) is 0.431. The van der Waals surface area contributed by atoms with Gasteiger partial charge in [-0.15, -0.1) is 0 Å². The number of aromatic nitrogens is 4. The fraction of sp³-hybridized carbons (Fsp3) is 0.200. The van der Waals surface area contributed by atoms with E-state index in [0.717, 1.165) is 0 Å².